The molecule has 3 aliphatic rings. The lowest BCUT2D eigenvalue weighted by Crippen LogP contribution is -2.70. The van der Waals surface area contributed by atoms with Crippen molar-refractivity contribution in [3.05, 3.63) is 0 Å². The Labute approximate surface area is 125 Å². The molecular weight excluding hydrogens is 244 g/mol. The van der Waals surface area contributed by atoms with E-state index in [0.717, 1.165) is 6.04 Å². The molecule has 1 heterocycles. The van der Waals surface area contributed by atoms with Crippen molar-refractivity contribution in [1.82, 2.24) is 10.2 Å². The standard InChI is InChI=1S/C18H34N2/c1-17(2)15-20(16-10-6-3-4-7-11-16)18(14-19-17)12-8-5-9-13-18/h16,19H,3-15H2,1-2H3. The normalized spacial score (nSPS) is 32.1. The van der Waals surface area contributed by atoms with Gasteiger partial charge in [-0.2, -0.15) is 0 Å². The van der Waals surface area contributed by atoms with E-state index >= 15 is 0 Å². The van der Waals surface area contributed by atoms with Crippen LogP contribution >= 0.6 is 0 Å². The molecule has 1 N–H and O–H groups in total. The summed E-state index contributed by atoms with van der Waals surface area (Å²) in [5, 5.41) is 3.86. The highest BCUT2D eigenvalue weighted by Crippen LogP contribution is 2.40. The van der Waals surface area contributed by atoms with Crippen LogP contribution in [0.5, 0.6) is 0 Å². The van der Waals surface area contributed by atoms with Crippen LogP contribution < -0.4 is 5.32 Å². The zero-order valence-corrected chi connectivity index (χ0v) is 13.7. The molecule has 116 valence electrons. The molecule has 0 unspecified atom stereocenters. The van der Waals surface area contributed by atoms with E-state index in [-0.39, 0.29) is 0 Å². The van der Waals surface area contributed by atoms with Gasteiger partial charge in [0.05, 0.1) is 0 Å². The molecule has 0 aromatic rings. The highest BCUT2D eigenvalue weighted by Gasteiger charge is 2.46. The minimum absolute atomic E-state index is 0.301. The second-order valence-corrected chi connectivity index (χ2v) is 8.30. The van der Waals surface area contributed by atoms with Gasteiger partial charge in [0.1, 0.15) is 0 Å². The Morgan fingerprint density at radius 1 is 0.850 bits per heavy atom. The molecule has 2 nitrogen and oxygen atoms in total. The quantitative estimate of drug-likeness (QED) is 0.727. The molecule has 0 aromatic carbocycles. The first-order valence-corrected chi connectivity index (χ1v) is 9.13. The van der Waals surface area contributed by atoms with Crippen LogP contribution in [-0.4, -0.2) is 35.1 Å². The highest BCUT2D eigenvalue weighted by molar-refractivity contribution is 5.05. The van der Waals surface area contributed by atoms with Gasteiger partial charge in [-0.05, 0) is 39.5 Å². The monoisotopic (exact) mass is 278 g/mol. The SMILES string of the molecule is CC1(C)CN(C2CCCCCC2)C2(CCCCC2)CN1. The van der Waals surface area contributed by atoms with Crippen molar-refractivity contribution < 1.29 is 0 Å². The van der Waals surface area contributed by atoms with Gasteiger partial charge in [0.15, 0.2) is 0 Å². The van der Waals surface area contributed by atoms with Gasteiger partial charge < -0.3 is 5.32 Å². The summed E-state index contributed by atoms with van der Waals surface area (Å²) in [7, 11) is 0. The van der Waals surface area contributed by atoms with E-state index in [1.165, 1.54) is 83.7 Å². The van der Waals surface area contributed by atoms with Gasteiger partial charge in [0, 0.05) is 30.2 Å². The molecule has 3 fully saturated rings. The lowest BCUT2D eigenvalue weighted by atomic mass is 9.75. The zero-order chi connectivity index (χ0) is 14.1. The molecular formula is C18H34N2. The highest BCUT2D eigenvalue weighted by atomic mass is 15.3. The predicted octanol–water partition coefficient (Wildman–Crippen LogP) is 4.10. The second-order valence-electron chi connectivity index (χ2n) is 8.30. The van der Waals surface area contributed by atoms with Crippen LogP contribution in [0.15, 0.2) is 0 Å². The minimum atomic E-state index is 0.301. The number of nitrogens with zero attached hydrogens (tertiary/aromatic N) is 1. The van der Waals surface area contributed by atoms with Crippen molar-refractivity contribution in [2.24, 2.45) is 0 Å². The van der Waals surface area contributed by atoms with Crippen molar-refractivity contribution >= 4 is 0 Å². The summed E-state index contributed by atoms with van der Waals surface area (Å²) in [4.78, 5) is 2.99. The van der Waals surface area contributed by atoms with Crippen molar-refractivity contribution in [1.29, 1.82) is 0 Å². The summed E-state index contributed by atoms with van der Waals surface area (Å²) in [5.74, 6) is 0. The van der Waals surface area contributed by atoms with Gasteiger partial charge in [-0.25, -0.2) is 0 Å². The maximum absolute atomic E-state index is 3.86. The first-order valence-electron chi connectivity index (χ1n) is 9.13. The lowest BCUT2D eigenvalue weighted by molar-refractivity contribution is -0.0440. The van der Waals surface area contributed by atoms with Crippen molar-refractivity contribution in [2.75, 3.05) is 13.1 Å². The topological polar surface area (TPSA) is 15.3 Å². The Hall–Kier alpha value is -0.0800. The third-order valence-electron chi connectivity index (χ3n) is 6.12. The number of hydrogen-bond donors (Lipinski definition) is 1. The van der Waals surface area contributed by atoms with Crippen LogP contribution in [0.25, 0.3) is 0 Å². The summed E-state index contributed by atoms with van der Waals surface area (Å²) in [6.07, 6.45) is 16.0. The Morgan fingerprint density at radius 3 is 2.10 bits per heavy atom. The number of piperazine rings is 1. The maximum Gasteiger partial charge on any atom is 0.0337 e. The van der Waals surface area contributed by atoms with E-state index in [1.54, 1.807) is 0 Å². The second kappa shape index (κ2) is 5.96. The molecule has 2 saturated carbocycles. The Kier molecular flexibility index (Phi) is 4.42. The summed E-state index contributed by atoms with van der Waals surface area (Å²) in [6, 6.07) is 0.872. The van der Waals surface area contributed by atoms with Gasteiger partial charge >= 0.3 is 0 Å². The molecule has 2 heteroatoms. The van der Waals surface area contributed by atoms with Crippen LogP contribution in [-0.2, 0) is 0 Å². The van der Waals surface area contributed by atoms with E-state index < -0.39 is 0 Å². The number of hydrogen-bond acceptors (Lipinski definition) is 2. The largest absolute Gasteiger partial charge is 0.309 e. The molecule has 3 rings (SSSR count). The predicted molar refractivity (Wildman–Crippen MR) is 86.1 cm³/mol. The number of nitrogens with one attached hydrogen (secondary N) is 1. The molecule has 20 heavy (non-hydrogen) atoms. The minimum Gasteiger partial charge on any atom is -0.309 e. The molecule has 0 amide bonds. The summed E-state index contributed by atoms with van der Waals surface area (Å²) in [6.45, 7) is 7.28. The van der Waals surface area contributed by atoms with Crippen molar-refractivity contribution in [3.63, 3.8) is 0 Å². The molecule has 1 spiro atoms. The maximum atomic E-state index is 3.86. The van der Waals surface area contributed by atoms with Crippen LogP contribution in [0.1, 0.15) is 84.5 Å². The van der Waals surface area contributed by atoms with Crippen LogP contribution in [0.4, 0.5) is 0 Å². The third-order valence-corrected chi connectivity index (χ3v) is 6.12. The fourth-order valence-electron chi connectivity index (χ4n) is 4.91. The molecule has 1 saturated heterocycles. The van der Waals surface area contributed by atoms with Gasteiger partial charge in [0.25, 0.3) is 0 Å². The lowest BCUT2D eigenvalue weighted by Gasteiger charge is -2.57. The van der Waals surface area contributed by atoms with Gasteiger partial charge in [0.2, 0.25) is 0 Å². The molecule has 0 bridgehead atoms. The zero-order valence-electron chi connectivity index (χ0n) is 13.7. The first kappa shape index (κ1) is 14.8. The van der Waals surface area contributed by atoms with E-state index in [2.05, 4.69) is 24.1 Å². The number of rotatable bonds is 1. The van der Waals surface area contributed by atoms with Crippen LogP contribution in [0, 0.1) is 0 Å². The fraction of sp³-hybridized carbons (Fsp3) is 1.00. The van der Waals surface area contributed by atoms with E-state index in [4.69, 9.17) is 0 Å². The molecule has 0 atom stereocenters. The summed E-state index contributed by atoms with van der Waals surface area (Å²) < 4.78 is 0. The van der Waals surface area contributed by atoms with Gasteiger partial charge in [-0.15, -0.1) is 0 Å². The smallest absolute Gasteiger partial charge is 0.0337 e. The fourth-order valence-corrected chi connectivity index (χ4v) is 4.91. The van der Waals surface area contributed by atoms with Crippen molar-refractivity contribution in [2.45, 2.75) is 102 Å². The van der Waals surface area contributed by atoms with E-state index in [0.29, 0.717) is 11.1 Å². The molecule has 1 aliphatic heterocycles. The van der Waals surface area contributed by atoms with Gasteiger partial charge in [-0.1, -0.05) is 44.9 Å². The van der Waals surface area contributed by atoms with Crippen molar-refractivity contribution in [3.8, 4) is 0 Å². The third kappa shape index (κ3) is 3.06. The Bertz CT molecular complexity index is 309. The Balaban J connectivity index is 1.80. The molecule has 2 aliphatic carbocycles. The Morgan fingerprint density at radius 2 is 1.45 bits per heavy atom. The van der Waals surface area contributed by atoms with Crippen LogP contribution in [0.3, 0.4) is 0 Å². The molecule has 0 aromatic heterocycles. The van der Waals surface area contributed by atoms with Crippen LogP contribution in [0.2, 0.25) is 0 Å². The van der Waals surface area contributed by atoms with E-state index in [9.17, 15) is 0 Å². The molecule has 0 radical (unpaired) electrons. The summed E-state index contributed by atoms with van der Waals surface area (Å²) in [5.41, 5.74) is 0.803. The first-order chi connectivity index (χ1) is 9.61. The average Bonchev–Trinajstić information content (AvgIpc) is 2.72. The van der Waals surface area contributed by atoms with Gasteiger partial charge in [-0.3, -0.25) is 4.90 Å². The van der Waals surface area contributed by atoms with E-state index in [1.807, 2.05) is 0 Å². The summed E-state index contributed by atoms with van der Waals surface area (Å²) >= 11 is 0. The average molecular weight is 278 g/mol.